The number of rotatable bonds is 6. The van der Waals surface area contributed by atoms with Crippen molar-refractivity contribution in [1.29, 1.82) is 0 Å². The van der Waals surface area contributed by atoms with Crippen LogP contribution in [0.25, 0.3) is 0 Å². The van der Waals surface area contributed by atoms with Gasteiger partial charge in [-0.2, -0.15) is 0 Å². The lowest BCUT2D eigenvalue weighted by molar-refractivity contribution is 0.0944. The summed E-state index contributed by atoms with van der Waals surface area (Å²) in [5, 5.41) is 3.15. The molecule has 8 nitrogen and oxygen atoms in total. The molecular formula is C19H22N4O4S2. The average Bonchev–Trinajstić information content (AvgIpc) is 3.25. The van der Waals surface area contributed by atoms with Crippen LogP contribution in [0, 0.1) is 0 Å². The van der Waals surface area contributed by atoms with E-state index in [2.05, 4.69) is 20.9 Å². The van der Waals surface area contributed by atoms with Gasteiger partial charge in [-0.3, -0.25) is 15.6 Å². The van der Waals surface area contributed by atoms with Gasteiger partial charge in [0.25, 0.3) is 5.91 Å². The lowest BCUT2D eigenvalue weighted by atomic mass is 10.2. The number of sulfonamides is 1. The quantitative estimate of drug-likeness (QED) is 0.405. The number of para-hydroxylation sites is 1. The van der Waals surface area contributed by atoms with Crippen molar-refractivity contribution in [3.8, 4) is 0 Å². The molecular weight excluding hydrogens is 412 g/mol. The van der Waals surface area contributed by atoms with E-state index >= 15 is 0 Å². The van der Waals surface area contributed by atoms with E-state index in [0.29, 0.717) is 6.61 Å². The molecule has 0 radical (unpaired) electrons. The predicted molar refractivity (Wildman–Crippen MR) is 114 cm³/mol. The van der Waals surface area contributed by atoms with Gasteiger partial charge in [0.15, 0.2) is 5.11 Å². The summed E-state index contributed by atoms with van der Waals surface area (Å²) in [7, 11) is -3.66. The Labute approximate surface area is 175 Å². The van der Waals surface area contributed by atoms with Gasteiger partial charge in [0.1, 0.15) is 0 Å². The van der Waals surface area contributed by atoms with Crippen molar-refractivity contribution in [2.75, 3.05) is 18.5 Å². The van der Waals surface area contributed by atoms with Gasteiger partial charge >= 0.3 is 0 Å². The highest BCUT2D eigenvalue weighted by Crippen LogP contribution is 2.14. The summed E-state index contributed by atoms with van der Waals surface area (Å²) in [6.45, 7) is 0.898. The summed E-state index contributed by atoms with van der Waals surface area (Å²) in [4.78, 5) is 12.3. The summed E-state index contributed by atoms with van der Waals surface area (Å²) in [6, 6.07) is 14.9. The molecule has 1 saturated heterocycles. The molecule has 1 heterocycles. The highest BCUT2D eigenvalue weighted by Gasteiger charge is 2.20. The Balaban J connectivity index is 1.50. The van der Waals surface area contributed by atoms with E-state index in [1.807, 2.05) is 30.3 Å². The molecule has 29 heavy (non-hydrogen) atoms. The third kappa shape index (κ3) is 6.23. The number of hydrogen-bond acceptors (Lipinski definition) is 5. The monoisotopic (exact) mass is 434 g/mol. The zero-order valence-corrected chi connectivity index (χ0v) is 17.2. The standard InChI is InChI=1S/C19H22N4O4S2/c24-18(22-23-19(28)21-15-5-2-1-3-6-15)14-8-10-17(11-9-14)29(25,26)20-13-16-7-4-12-27-16/h1-3,5-6,8-11,16,20H,4,7,12-13H2,(H,22,24)(H2,21,23,28). The van der Waals surface area contributed by atoms with Crippen molar-refractivity contribution in [3.05, 3.63) is 60.2 Å². The minimum absolute atomic E-state index is 0.0845. The van der Waals surface area contributed by atoms with Crippen molar-refractivity contribution >= 4 is 38.9 Å². The maximum atomic E-state index is 12.4. The highest BCUT2D eigenvalue weighted by molar-refractivity contribution is 7.89. The molecule has 10 heteroatoms. The molecule has 0 aromatic heterocycles. The van der Waals surface area contributed by atoms with Crippen LogP contribution in [0.4, 0.5) is 5.69 Å². The molecule has 2 aromatic carbocycles. The normalized spacial score (nSPS) is 16.2. The van der Waals surface area contributed by atoms with E-state index in [1.165, 1.54) is 24.3 Å². The first kappa shape index (κ1) is 21.2. The highest BCUT2D eigenvalue weighted by atomic mass is 32.2. The van der Waals surface area contributed by atoms with Crippen molar-refractivity contribution in [2.24, 2.45) is 0 Å². The molecule has 0 bridgehead atoms. The van der Waals surface area contributed by atoms with Crippen LogP contribution in [-0.4, -0.2) is 38.7 Å². The van der Waals surface area contributed by atoms with Gasteiger partial charge in [0.05, 0.1) is 11.0 Å². The van der Waals surface area contributed by atoms with Gasteiger partial charge in [-0.15, -0.1) is 0 Å². The second-order valence-electron chi connectivity index (χ2n) is 6.41. The minimum Gasteiger partial charge on any atom is -0.377 e. The van der Waals surface area contributed by atoms with Gasteiger partial charge in [0.2, 0.25) is 10.0 Å². The molecule has 1 amide bonds. The third-order valence-corrected chi connectivity index (χ3v) is 5.92. The Morgan fingerprint density at radius 3 is 2.45 bits per heavy atom. The summed E-state index contributed by atoms with van der Waals surface area (Å²) < 4.78 is 32.7. The SMILES string of the molecule is O=C(NNC(=S)Nc1ccccc1)c1ccc(S(=O)(=O)NCC2CCCO2)cc1. The fourth-order valence-corrected chi connectivity index (χ4v) is 3.98. The van der Waals surface area contributed by atoms with Crippen molar-refractivity contribution in [2.45, 2.75) is 23.8 Å². The molecule has 0 spiro atoms. The lowest BCUT2D eigenvalue weighted by Crippen LogP contribution is -2.43. The Hall–Kier alpha value is -2.53. The number of anilines is 1. The summed E-state index contributed by atoms with van der Waals surface area (Å²) in [5.41, 5.74) is 6.14. The Morgan fingerprint density at radius 2 is 1.79 bits per heavy atom. The van der Waals surface area contributed by atoms with Crippen molar-refractivity contribution in [1.82, 2.24) is 15.6 Å². The topological polar surface area (TPSA) is 109 Å². The van der Waals surface area contributed by atoms with E-state index < -0.39 is 15.9 Å². The average molecular weight is 435 g/mol. The first-order chi connectivity index (χ1) is 13.9. The lowest BCUT2D eigenvalue weighted by Gasteiger charge is -2.13. The molecule has 0 aliphatic carbocycles. The molecule has 1 aliphatic rings. The number of carbonyl (C=O) groups excluding carboxylic acids is 1. The molecule has 3 rings (SSSR count). The van der Waals surface area contributed by atoms with Crippen LogP contribution in [0.15, 0.2) is 59.5 Å². The molecule has 1 unspecified atom stereocenters. The van der Waals surface area contributed by atoms with Crippen LogP contribution >= 0.6 is 12.2 Å². The summed E-state index contributed by atoms with van der Waals surface area (Å²) in [6.07, 6.45) is 1.69. The number of nitrogens with one attached hydrogen (secondary N) is 4. The van der Waals surface area contributed by atoms with Gasteiger partial charge in [-0.05, 0) is 61.5 Å². The van der Waals surface area contributed by atoms with Crippen LogP contribution in [-0.2, 0) is 14.8 Å². The van der Waals surface area contributed by atoms with E-state index in [-0.39, 0.29) is 28.2 Å². The Bertz CT molecular complexity index is 944. The fourth-order valence-electron chi connectivity index (χ4n) is 2.75. The van der Waals surface area contributed by atoms with E-state index in [4.69, 9.17) is 17.0 Å². The number of amides is 1. The van der Waals surface area contributed by atoms with Crippen LogP contribution in [0.3, 0.4) is 0 Å². The number of thiocarbonyl (C=S) groups is 1. The number of benzene rings is 2. The minimum atomic E-state index is -3.66. The molecule has 1 fully saturated rings. The van der Waals surface area contributed by atoms with Crippen LogP contribution in [0.5, 0.6) is 0 Å². The maximum Gasteiger partial charge on any atom is 0.269 e. The van der Waals surface area contributed by atoms with Crippen molar-refractivity contribution < 1.29 is 17.9 Å². The number of carbonyl (C=O) groups is 1. The first-order valence-corrected chi connectivity index (χ1v) is 11.0. The smallest absolute Gasteiger partial charge is 0.269 e. The second kappa shape index (κ2) is 9.79. The van der Waals surface area contributed by atoms with E-state index in [1.54, 1.807) is 0 Å². The molecule has 2 aromatic rings. The largest absolute Gasteiger partial charge is 0.377 e. The van der Waals surface area contributed by atoms with Crippen molar-refractivity contribution in [3.63, 3.8) is 0 Å². The Kier molecular flexibility index (Phi) is 7.15. The molecule has 4 N–H and O–H groups in total. The maximum absolute atomic E-state index is 12.4. The number of hydrogen-bond donors (Lipinski definition) is 4. The van der Waals surface area contributed by atoms with Gasteiger partial charge in [0, 0.05) is 24.4 Å². The van der Waals surface area contributed by atoms with E-state index in [0.717, 1.165) is 18.5 Å². The van der Waals surface area contributed by atoms with Gasteiger partial charge in [-0.25, -0.2) is 13.1 Å². The molecule has 1 atom stereocenters. The predicted octanol–water partition coefficient (Wildman–Crippen LogP) is 1.78. The number of hydrazine groups is 1. The van der Waals surface area contributed by atoms with Crippen LogP contribution < -0.4 is 20.9 Å². The Morgan fingerprint density at radius 1 is 1.07 bits per heavy atom. The zero-order chi connectivity index (χ0) is 20.7. The van der Waals surface area contributed by atoms with Crippen LogP contribution in [0.1, 0.15) is 23.2 Å². The first-order valence-electron chi connectivity index (χ1n) is 9.08. The molecule has 154 valence electrons. The fraction of sp³-hybridized carbons (Fsp3) is 0.263. The zero-order valence-electron chi connectivity index (χ0n) is 15.6. The van der Waals surface area contributed by atoms with Gasteiger partial charge in [-0.1, -0.05) is 18.2 Å². The van der Waals surface area contributed by atoms with Crippen LogP contribution in [0.2, 0.25) is 0 Å². The summed E-state index contributed by atoms with van der Waals surface area (Å²) in [5.74, 6) is -0.446. The second-order valence-corrected chi connectivity index (χ2v) is 8.59. The third-order valence-electron chi connectivity index (χ3n) is 4.27. The summed E-state index contributed by atoms with van der Waals surface area (Å²) >= 11 is 5.11. The van der Waals surface area contributed by atoms with E-state index in [9.17, 15) is 13.2 Å². The number of ether oxygens (including phenoxy) is 1. The molecule has 0 saturated carbocycles. The van der Waals surface area contributed by atoms with Gasteiger partial charge < -0.3 is 10.1 Å². The molecule has 1 aliphatic heterocycles.